The Balaban J connectivity index is 1.33. The molecule has 0 aliphatic carbocycles. The van der Waals surface area contributed by atoms with Crippen molar-refractivity contribution in [2.45, 2.75) is 25.6 Å². The van der Waals surface area contributed by atoms with Gasteiger partial charge in [0.25, 0.3) is 0 Å². The zero-order valence-corrected chi connectivity index (χ0v) is 21.4. The van der Waals surface area contributed by atoms with Crippen molar-refractivity contribution in [3.05, 3.63) is 120 Å². The number of benzene rings is 4. The van der Waals surface area contributed by atoms with Gasteiger partial charge in [-0.3, -0.25) is 0 Å². The van der Waals surface area contributed by atoms with Gasteiger partial charge in [-0.2, -0.15) is 13.2 Å². The Morgan fingerprint density at radius 1 is 0.850 bits per heavy atom. The van der Waals surface area contributed by atoms with Crippen molar-refractivity contribution < 1.29 is 32.2 Å². The Morgan fingerprint density at radius 2 is 1.50 bits per heavy atom. The Morgan fingerprint density at radius 3 is 2.15 bits per heavy atom. The first-order valence-electron chi connectivity index (χ1n) is 12.5. The molecular weight excluding hydrogens is 519 g/mol. The van der Waals surface area contributed by atoms with E-state index >= 15 is 0 Å². The van der Waals surface area contributed by atoms with Crippen molar-refractivity contribution in [3.63, 3.8) is 0 Å². The van der Waals surface area contributed by atoms with Gasteiger partial charge in [-0.25, -0.2) is 9.78 Å². The monoisotopic (exact) mass is 543 g/mol. The molecule has 1 aromatic heterocycles. The van der Waals surface area contributed by atoms with E-state index in [-0.39, 0.29) is 12.3 Å². The number of carboxylic acids is 1. The second-order valence-electron chi connectivity index (χ2n) is 9.24. The molecule has 1 heterocycles. The van der Waals surface area contributed by atoms with Gasteiger partial charge in [0.05, 0.1) is 5.56 Å². The molecule has 0 fully saturated rings. The van der Waals surface area contributed by atoms with E-state index in [1.54, 1.807) is 25.1 Å². The van der Waals surface area contributed by atoms with Gasteiger partial charge >= 0.3 is 12.1 Å². The lowest BCUT2D eigenvalue weighted by Crippen LogP contribution is -2.29. The average molecular weight is 544 g/mol. The summed E-state index contributed by atoms with van der Waals surface area (Å²) in [7, 11) is 0. The number of hydrogen-bond donors (Lipinski definition) is 1. The number of ether oxygens (including phenoxy) is 1. The number of aromatic nitrogens is 1. The minimum atomic E-state index is -4.41. The van der Waals surface area contributed by atoms with Crippen LogP contribution >= 0.6 is 0 Å². The summed E-state index contributed by atoms with van der Waals surface area (Å²) < 4.78 is 50.3. The molecule has 1 unspecified atom stereocenters. The largest absolute Gasteiger partial charge is 0.478 e. The number of rotatable bonds is 8. The molecule has 0 spiro atoms. The maximum absolute atomic E-state index is 12.9. The predicted molar refractivity (Wildman–Crippen MR) is 145 cm³/mol. The number of hydrogen-bond acceptors (Lipinski definition) is 4. The van der Waals surface area contributed by atoms with Gasteiger partial charge in [0.1, 0.15) is 17.2 Å². The molecule has 0 amide bonds. The molecule has 0 saturated heterocycles. The van der Waals surface area contributed by atoms with Crippen LogP contribution in [0.3, 0.4) is 0 Å². The van der Waals surface area contributed by atoms with Crippen LogP contribution in [-0.2, 0) is 17.4 Å². The first kappa shape index (κ1) is 26.7. The second kappa shape index (κ2) is 11.1. The van der Waals surface area contributed by atoms with E-state index in [1.165, 1.54) is 12.1 Å². The van der Waals surface area contributed by atoms with E-state index in [2.05, 4.69) is 4.98 Å². The fraction of sp³-hybridized carbons (Fsp3) is 0.125. The number of alkyl halides is 3. The zero-order valence-electron chi connectivity index (χ0n) is 21.4. The third-order valence-corrected chi connectivity index (χ3v) is 6.40. The fourth-order valence-corrected chi connectivity index (χ4v) is 4.33. The normalized spacial score (nSPS) is 12.2. The molecule has 4 aromatic carbocycles. The molecule has 0 bridgehead atoms. The molecule has 0 aliphatic heterocycles. The second-order valence-corrected chi connectivity index (χ2v) is 9.24. The molecule has 0 aliphatic rings. The van der Waals surface area contributed by atoms with Crippen LogP contribution in [-0.4, -0.2) is 22.2 Å². The Labute approximate surface area is 228 Å². The molecule has 8 heteroatoms. The lowest BCUT2D eigenvalue weighted by atomic mass is 10.0. The summed E-state index contributed by atoms with van der Waals surface area (Å²) in [5.41, 5.74) is 3.67. The number of aliphatic carboxylic acids is 1. The Kier molecular flexibility index (Phi) is 7.42. The van der Waals surface area contributed by atoms with Gasteiger partial charge in [0.15, 0.2) is 6.10 Å². The van der Waals surface area contributed by atoms with Crippen LogP contribution in [0.15, 0.2) is 108 Å². The lowest BCUT2D eigenvalue weighted by Gasteiger charge is -2.16. The summed E-state index contributed by atoms with van der Waals surface area (Å²) >= 11 is 0. The molecule has 0 saturated carbocycles. The maximum atomic E-state index is 12.9. The quantitative estimate of drug-likeness (QED) is 0.214. The van der Waals surface area contributed by atoms with E-state index in [0.717, 1.165) is 34.4 Å². The molecule has 0 radical (unpaired) electrons. The zero-order chi connectivity index (χ0) is 28.3. The van der Waals surface area contributed by atoms with Crippen LogP contribution in [0.4, 0.5) is 13.2 Å². The van der Waals surface area contributed by atoms with Gasteiger partial charge in [-0.05, 0) is 60.0 Å². The lowest BCUT2D eigenvalue weighted by molar-refractivity contribution is -0.145. The first-order chi connectivity index (χ1) is 19.2. The number of halogens is 3. The van der Waals surface area contributed by atoms with Crippen LogP contribution in [0, 0.1) is 6.92 Å². The first-order valence-corrected chi connectivity index (χ1v) is 12.5. The Hall–Kier alpha value is -4.85. The summed E-state index contributed by atoms with van der Waals surface area (Å²) in [6.45, 7) is 1.75. The SMILES string of the molecule is Cc1oc(-c2ccc(C(F)(F)F)cc2)nc1-c1ccc(-c2cccc(OC(Cc3ccccc3)C(=O)O)c2)cc1. The highest BCUT2D eigenvalue weighted by atomic mass is 19.4. The molecule has 1 N–H and O–H groups in total. The maximum Gasteiger partial charge on any atom is 0.416 e. The molecule has 5 rings (SSSR count). The molecule has 5 nitrogen and oxygen atoms in total. The molecule has 40 heavy (non-hydrogen) atoms. The topological polar surface area (TPSA) is 72.6 Å². The number of nitrogens with zero attached hydrogens (tertiary/aromatic N) is 1. The molecule has 1 atom stereocenters. The van der Waals surface area contributed by atoms with E-state index in [4.69, 9.17) is 9.15 Å². The highest BCUT2D eigenvalue weighted by molar-refractivity contribution is 5.74. The number of aryl methyl sites for hydroxylation is 1. The van der Waals surface area contributed by atoms with Crippen molar-refractivity contribution in [1.29, 1.82) is 0 Å². The van der Waals surface area contributed by atoms with E-state index in [0.29, 0.717) is 22.8 Å². The summed E-state index contributed by atoms with van der Waals surface area (Å²) in [5.74, 6) is 0.172. The average Bonchev–Trinajstić information content (AvgIpc) is 3.34. The van der Waals surface area contributed by atoms with Crippen LogP contribution in [0.25, 0.3) is 33.8 Å². The van der Waals surface area contributed by atoms with E-state index in [1.807, 2.05) is 60.7 Å². The van der Waals surface area contributed by atoms with Crippen molar-refractivity contribution in [2.75, 3.05) is 0 Å². The smallest absolute Gasteiger partial charge is 0.416 e. The molecule has 202 valence electrons. The van der Waals surface area contributed by atoms with Crippen LogP contribution in [0.2, 0.25) is 0 Å². The third-order valence-electron chi connectivity index (χ3n) is 6.40. The standard InChI is InChI=1S/C32H24F3NO4/c1-20-29(36-30(39-20)24-14-16-26(17-15-24)32(33,34)35)23-12-10-22(11-13-23)25-8-5-9-27(19-25)40-28(31(37)38)18-21-6-3-2-4-7-21/h2-17,19,28H,18H2,1H3,(H,37,38). The van der Waals surface area contributed by atoms with Gasteiger partial charge < -0.3 is 14.3 Å². The van der Waals surface area contributed by atoms with E-state index in [9.17, 15) is 23.1 Å². The summed E-state index contributed by atoms with van der Waals surface area (Å²) in [6.07, 6.45) is -5.21. The third kappa shape index (κ3) is 6.07. The van der Waals surface area contributed by atoms with Crippen LogP contribution in [0.1, 0.15) is 16.9 Å². The molecule has 5 aromatic rings. The van der Waals surface area contributed by atoms with Crippen molar-refractivity contribution >= 4 is 5.97 Å². The fourth-order valence-electron chi connectivity index (χ4n) is 4.33. The van der Waals surface area contributed by atoms with Crippen molar-refractivity contribution in [3.8, 4) is 39.6 Å². The van der Waals surface area contributed by atoms with Gasteiger partial charge in [-0.1, -0.05) is 66.7 Å². The number of carbonyl (C=O) groups is 1. The van der Waals surface area contributed by atoms with E-state index < -0.39 is 23.8 Å². The van der Waals surface area contributed by atoms with Gasteiger partial charge in [-0.15, -0.1) is 0 Å². The number of oxazole rings is 1. The minimum Gasteiger partial charge on any atom is -0.478 e. The summed E-state index contributed by atoms with van der Waals surface area (Å²) in [6, 6.07) is 28.8. The highest BCUT2D eigenvalue weighted by Crippen LogP contribution is 2.34. The van der Waals surface area contributed by atoms with Crippen LogP contribution < -0.4 is 4.74 Å². The number of carboxylic acid groups (broad SMARTS) is 1. The summed E-state index contributed by atoms with van der Waals surface area (Å²) in [5, 5.41) is 9.68. The van der Waals surface area contributed by atoms with Gasteiger partial charge in [0.2, 0.25) is 5.89 Å². The molecular formula is C32H24F3NO4. The minimum absolute atomic E-state index is 0.235. The van der Waals surface area contributed by atoms with Gasteiger partial charge in [0, 0.05) is 17.5 Å². The highest BCUT2D eigenvalue weighted by Gasteiger charge is 2.30. The summed E-state index contributed by atoms with van der Waals surface area (Å²) in [4.78, 5) is 16.3. The predicted octanol–water partition coefficient (Wildman–Crippen LogP) is 8.08. The van der Waals surface area contributed by atoms with Crippen molar-refractivity contribution in [2.24, 2.45) is 0 Å². The Bertz CT molecular complexity index is 1610. The van der Waals surface area contributed by atoms with Crippen molar-refractivity contribution in [1.82, 2.24) is 4.98 Å². The van der Waals surface area contributed by atoms with Crippen LogP contribution in [0.5, 0.6) is 5.75 Å².